The van der Waals surface area contributed by atoms with Gasteiger partial charge in [0, 0.05) is 11.9 Å². The SMILES string of the molecule is NC(=O)/C(C=NCC(F)(F)F)=C(/N)C1CC1. The van der Waals surface area contributed by atoms with Gasteiger partial charge in [-0.25, -0.2) is 0 Å². The summed E-state index contributed by atoms with van der Waals surface area (Å²) in [4.78, 5) is 14.0. The number of hydrogen-bond acceptors (Lipinski definition) is 3. The fourth-order valence-corrected chi connectivity index (χ4v) is 1.14. The monoisotopic (exact) mass is 235 g/mol. The van der Waals surface area contributed by atoms with Crippen LogP contribution in [0.3, 0.4) is 0 Å². The van der Waals surface area contributed by atoms with Crippen molar-refractivity contribution in [3.05, 3.63) is 11.3 Å². The zero-order chi connectivity index (χ0) is 12.3. The summed E-state index contributed by atoms with van der Waals surface area (Å²) in [6, 6.07) is 0. The number of carbonyl (C=O) groups is 1. The van der Waals surface area contributed by atoms with Gasteiger partial charge in [0.2, 0.25) is 0 Å². The molecule has 0 radical (unpaired) electrons. The van der Waals surface area contributed by atoms with Crippen LogP contribution in [0, 0.1) is 5.92 Å². The molecule has 1 amide bonds. The van der Waals surface area contributed by atoms with Crippen molar-refractivity contribution in [2.75, 3.05) is 6.54 Å². The number of hydrogen-bond donors (Lipinski definition) is 2. The van der Waals surface area contributed by atoms with E-state index in [4.69, 9.17) is 11.5 Å². The van der Waals surface area contributed by atoms with Crippen LogP contribution >= 0.6 is 0 Å². The standard InChI is InChI=1S/C9H12F3N3O/c10-9(11,12)4-15-3-6(8(14)16)7(13)5-1-2-5/h3,5H,1-2,4,13H2,(H2,14,16)/b7-6+,15-3?. The van der Waals surface area contributed by atoms with Gasteiger partial charge < -0.3 is 11.5 Å². The lowest BCUT2D eigenvalue weighted by atomic mass is 10.1. The minimum atomic E-state index is -4.40. The predicted molar refractivity (Wildman–Crippen MR) is 52.5 cm³/mol. The molecule has 7 heteroatoms. The molecule has 0 atom stereocenters. The normalized spacial score (nSPS) is 18.7. The molecule has 0 aromatic heterocycles. The third kappa shape index (κ3) is 3.92. The first-order chi connectivity index (χ1) is 7.31. The number of allylic oxidation sites excluding steroid dienone is 1. The Morgan fingerprint density at radius 2 is 1.94 bits per heavy atom. The summed E-state index contributed by atoms with van der Waals surface area (Å²) >= 11 is 0. The number of rotatable bonds is 4. The lowest BCUT2D eigenvalue weighted by Crippen LogP contribution is -2.21. The second-order valence-corrected chi connectivity index (χ2v) is 3.59. The van der Waals surface area contributed by atoms with Crippen LogP contribution < -0.4 is 11.5 Å². The summed E-state index contributed by atoms with van der Waals surface area (Å²) in [5.74, 6) is -0.796. The van der Waals surface area contributed by atoms with E-state index in [0.29, 0.717) is 0 Å². The summed E-state index contributed by atoms with van der Waals surface area (Å²) in [7, 11) is 0. The largest absolute Gasteiger partial charge is 0.407 e. The first-order valence-corrected chi connectivity index (χ1v) is 4.67. The van der Waals surface area contributed by atoms with Crippen molar-refractivity contribution < 1.29 is 18.0 Å². The highest BCUT2D eigenvalue weighted by atomic mass is 19.4. The van der Waals surface area contributed by atoms with E-state index in [1.807, 2.05) is 0 Å². The average Bonchev–Trinajstić information content (AvgIpc) is 2.91. The average molecular weight is 235 g/mol. The van der Waals surface area contributed by atoms with E-state index in [1.165, 1.54) is 0 Å². The van der Waals surface area contributed by atoms with Gasteiger partial charge in [-0.05, 0) is 18.8 Å². The molecule has 0 unspecified atom stereocenters. The summed E-state index contributed by atoms with van der Waals surface area (Å²) in [5, 5.41) is 0. The minimum Gasteiger partial charge on any atom is -0.401 e. The molecule has 16 heavy (non-hydrogen) atoms. The summed E-state index contributed by atoms with van der Waals surface area (Å²) < 4.78 is 35.4. The first kappa shape index (κ1) is 12.5. The molecule has 0 aromatic rings. The van der Waals surface area contributed by atoms with Crippen molar-refractivity contribution in [1.82, 2.24) is 0 Å². The van der Waals surface area contributed by atoms with Crippen molar-refractivity contribution in [1.29, 1.82) is 0 Å². The summed E-state index contributed by atoms with van der Waals surface area (Å²) in [6.07, 6.45) is -1.93. The van der Waals surface area contributed by atoms with E-state index < -0.39 is 18.6 Å². The van der Waals surface area contributed by atoms with Crippen LogP contribution in [0.4, 0.5) is 13.2 Å². The number of carbonyl (C=O) groups excluding carboxylic acids is 1. The third-order valence-corrected chi connectivity index (χ3v) is 2.08. The number of halogens is 3. The first-order valence-electron chi connectivity index (χ1n) is 4.67. The van der Waals surface area contributed by atoms with Crippen molar-refractivity contribution in [2.45, 2.75) is 19.0 Å². The molecule has 1 aliphatic rings. The number of nitrogens with zero attached hydrogens (tertiary/aromatic N) is 1. The Labute approximate surface area is 90.2 Å². The maximum Gasteiger partial charge on any atom is 0.407 e. The Balaban J connectivity index is 2.73. The van der Waals surface area contributed by atoms with Gasteiger partial charge in [-0.15, -0.1) is 0 Å². The Hall–Kier alpha value is -1.53. The highest BCUT2D eigenvalue weighted by Crippen LogP contribution is 2.34. The van der Waals surface area contributed by atoms with Crippen LogP contribution in [0.25, 0.3) is 0 Å². The number of alkyl halides is 3. The molecule has 1 saturated carbocycles. The highest BCUT2D eigenvalue weighted by molar-refractivity contribution is 6.12. The van der Waals surface area contributed by atoms with E-state index in [1.54, 1.807) is 0 Å². The van der Waals surface area contributed by atoms with E-state index in [-0.39, 0.29) is 17.2 Å². The van der Waals surface area contributed by atoms with Crippen LogP contribution in [0.15, 0.2) is 16.3 Å². The maximum absolute atomic E-state index is 11.8. The predicted octanol–water partition coefficient (Wildman–Crippen LogP) is 0.728. The molecule has 1 fully saturated rings. The number of amides is 1. The van der Waals surface area contributed by atoms with Crippen LogP contribution in [0.2, 0.25) is 0 Å². The molecule has 0 aromatic carbocycles. The Morgan fingerprint density at radius 3 is 2.31 bits per heavy atom. The summed E-state index contributed by atoms with van der Waals surface area (Å²) in [5.41, 5.74) is 10.7. The van der Waals surface area contributed by atoms with Crippen molar-refractivity contribution in [3.8, 4) is 0 Å². The van der Waals surface area contributed by atoms with Gasteiger partial charge in [0.25, 0.3) is 5.91 Å². The van der Waals surface area contributed by atoms with E-state index >= 15 is 0 Å². The van der Waals surface area contributed by atoms with Gasteiger partial charge in [0.15, 0.2) is 0 Å². The highest BCUT2D eigenvalue weighted by Gasteiger charge is 2.28. The molecule has 1 aliphatic carbocycles. The quantitative estimate of drug-likeness (QED) is 0.556. The molecule has 0 aliphatic heterocycles. The Kier molecular flexibility index (Phi) is 3.56. The van der Waals surface area contributed by atoms with Crippen LogP contribution in [-0.2, 0) is 4.79 Å². The zero-order valence-electron chi connectivity index (χ0n) is 8.42. The smallest absolute Gasteiger partial charge is 0.401 e. The topological polar surface area (TPSA) is 81.5 Å². The minimum absolute atomic E-state index is 0.0554. The van der Waals surface area contributed by atoms with Crippen molar-refractivity contribution >= 4 is 12.1 Å². The van der Waals surface area contributed by atoms with E-state index in [2.05, 4.69) is 4.99 Å². The van der Waals surface area contributed by atoms with Gasteiger partial charge in [-0.3, -0.25) is 9.79 Å². The molecule has 4 N–H and O–H groups in total. The Bertz CT molecular complexity index is 342. The molecule has 1 rings (SSSR count). The number of primary amides is 1. The van der Waals surface area contributed by atoms with E-state index in [0.717, 1.165) is 19.1 Å². The van der Waals surface area contributed by atoms with Crippen LogP contribution in [0.1, 0.15) is 12.8 Å². The van der Waals surface area contributed by atoms with Gasteiger partial charge in [0.05, 0.1) is 5.57 Å². The lowest BCUT2D eigenvalue weighted by Gasteiger charge is -2.04. The fourth-order valence-electron chi connectivity index (χ4n) is 1.14. The molecule has 0 spiro atoms. The molecular formula is C9H12F3N3O. The fraction of sp³-hybridized carbons (Fsp3) is 0.556. The Morgan fingerprint density at radius 1 is 1.38 bits per heavy atom. The van der Waals surface area contributed by atoms with Gasteiger partial charge >= 0.3 is 6.18 Å². The summed E-state index contributed by atoms with van der Waals surface area (Å²) in [6.45, 7) is -1.35. The lowest BCUT2D eigenvalue weighted by molar-refractivity contribution is -0.118. The molecule has 0 saturated heterocycles. The third-order valence-electron chi connectivity index (χ3n) is 2.08. The zero-order valence-corrected chi connectivity index (χ0v) is 8.42. The number of nitrogens with two attached hydrogens (primary N) is 2. The molecule has 90 valence electrons. The number of aliphatic imine (C=N–C) groups is 1. The van der Waals surface area contributed by atoms with Gasteiger partial charge in [-0.2, -0.15) is 13.2 Å². The van der Waals surface area contributed by atoms with Crippen LogP contribution in [0.5, 0.6) is 0 Å². The van der Waals surface area contributed by atoms with Crippen molar-refractivity contribution in [3.63, 3.8) is 0 Å². The molecule has 0 bridgehead atoms. The second kappa shape index (κ2) is 4.54. The van der Waals surface area contributed by atoms with Crippen LogP contribution in [-0.4, -0.2) is 24.8 Å². The molecule has 0 heterocycles. The van der Waals surface area contributed by atoms with Gasteiger partial charge in [-0.1, -0.05) is 0 Å². The van der Waals surface area contributed by atoms with E-state index in [9.17, 15) is 18.0 Å². The second-order valence-electron chi connectivity index (χ2n) is 3.59. The molecule has 4 nitrogen and oxygen atoms in total. The van der Waals surface area contributed by atoms with Crippen molar-refractivity contribution in [2.24, 2.45) is 22.4 Å². The molecular weight excluding hydrogens is 223 g/mol. The maximum atomic E-state index is 11.8. The van der Waals surface area contributed by atoms with Gasteiger partial charge in [0.1, 0.15) is 6.54 Å².